The molecule has 0 bridgehead atoms. The zero-order valence-electron chi connectivity index (χ0n) is 18.6. The maximum atomic E-state index is 13.1. The van der Waals surface area contributed by atoms with E-state index >= 15 is 0 Å². The second-order valence-electron chi connectivity index (χ2n) is 7.52. The molecule has 1 aliphatic rings. The SMILES string of the molecule is CCc1ccc(NC(=O)c2cccc(NC3=C(Cl)C(=O)N(c4ccccc4OC)C3=O)c2)cc1. The predicted molar refractivity (Wildman–Crippen MR) is 132 cm³/mol. The van der Waals surface area contributed by atoms with Crippen molar-refractivity contribution in [1.82, 2.24) is 0 Å². The molecule has 172 valence electrons. The minimum Gasteiger partial charge on any atom is -0.495 e. The van der Waals surface area contributed by atoms with E-state index in [1.54, 1.807) is 48.5 Å². The van der Waals surface area contributed by atoms with Crippen molar-refractivity contribution >= 4 is 46.4 Å². The molecule has 0 aliphatic carbocycles. The van der Waals surface area contributed by atoms with Gasteiger partial charge in [0, 0.05) is 16.9 Å². The van der Waals surface area contributed by atoms with E-state index < -0.39 is 11.8 Å². The number of para-hydroxylation sites is 2. The van der Waals surface area contributed by atoms with Gasteiger partial charge in [-0.3, -0.25) is 14.4 Å². The summed E-state index contributed by atoms with van der Waals surface area (Å²) in [4.78, 5) is 39.5. The first-order valence-corrected chi connectivity index (χ1v) is 11.0. The normalized spacial score (nSPS) is 13.3. The van der Waals surface area contributed by atoms with Crippen LogP contribution in [0.5, 0.6) is 5.75 Å². The molecule has 2 N–H and O–H groups in total. The summed E-state index contributed by atoms with van der Waals surface area (Å²) in [7, 11) is 1.45. The van der Waals surface area contributed by atoms with Gasteiger partial charge in [0.05, 0.1) is 12.8 Å². The fourth-order valence-corrected chi connectivity index (χ4v) is 3.77. The number of methoxy groups -OCH3 is 1. The Balaban J connectivity index is 1.53. The van der Waals surface area contributed by atoms with Crippen molar-refractivity contribution in [2.75, 3.05) is 22.6 Å². The Morgan fingerprint density at radius 3 is 2.38 bits per heavy atom. The Morgan fingerprint density at radius 1 is 0.941 bits per heavy atom. The maximum Gasteiger partial charge on any atom is 0.283 e. The van der Waals surface area contributed by atoms with Gasteiger partial charge in [-0.15, -0.1) is 0 Å². The molecule has 3 amide bonds. The quantitative estimate of drug-likeness (QED) is 0.472. The van der Waals surface area contributed by atoms with Crippen LogP contribution < -0.4 is 20.3 Å². The van der Waals surface area contributed by atoms with Crippen molar-refractivity contribution in [2.24, 2.45) is 0 Å². The van der Waals surface area contributed by atoms with Crippen LogP contribution in [0.2, 0.25) is 0 Å². The van der Waals surface area contributed by atoms with E-state index in [1.807, 2.05) is 24.3 Å². The predicted octanol–water partition coefficient (Wildman–Crippen LogP) is 4.95. The Hall–Kier alpha value is -4.10. The third-order valence-corrected chi connectivity index (χ3v) is 5.72. The van der Waals surface area contributed by atoms with E-state index in [1.165, 1.54) is 12.7 Å². The summed E-state index contributed by atoms with van der Waals surface area (Å²) in [5.41, 5.74) is 2.87. The summed E-state index contributed by atoms with van der Waals surface area (Å²) in [5.74, 6) is -1.23. The largest absolute Gasteiger partial charge is 0.495 e. The van der Waals surface area contributed by atoms with Crippen molar-refractivity contribution < 1.29 is 19.1 Å². The zero-order chi connectivity index (χ0) is 24.2. The molecule has 0 saturated heterocycles. The van der Waals surface area contributed by atoms with Crippen LogP contribution in [0.3, 0.4) is 0 Å². The fourth-order valence-electron chi connectivity index (χ4n) is 3.55. The summed E-state index contributed by atoms with van der Waals surface area (Å²) in [5, 5.41) is 5.50. The van der Waals surface area contributed by atoms with Gasteiger partial charge in [0.25, 0.3) is 17.7 Å². The second-order valence-corrected chi connectivity index (χ2v) is 7.89. The fraction of sp³-hybridized carbons (Fsp3) is 0.115. The highest BCUT2D eigenvalue weighted by molar-refractivity contribution is 6.53. The molecular formula is C26H22ClN3O4. The summed E-state index contributed by atoms with van der Waals surface area (Å²) in [6.07, 6.45) is 0.913. The van der Waals surface area contributed by atoms with Crippen LogP contribution in [0.4, 0.5) is 17.1 Å². The molecule has 0 atom stereocenters. The molecule has 0 aromatic heterocycles. The highest BCUT2D eigenvalue weighted by atomic mass is 35.5. The molecule has 1 heterocycles. The number of nitrogens with one attached hydrogen (secondary N) is 2. The molecule has 0 fully saturated rings. The second kappa shape index (κ2) is 9.80. The Morgan fingerprint density at radius 2 is 1.68 bits per heavy atom. The van der Waals surface area contributed by atoms with Gasteiger partial charge >= 0.3 is 0 Å². The smallest absolute Gasteiger partial charge is 0.283 e. The van der Waals surface area contributed by atoms with Crippen molar-refractivity contribution in [3.8, 4) is 5.75 Å². The van der Waals surface area contributed by atoms with Gasteiger partial charge in [-0.1, -0.05) is 48.9 Å². The first-order chi connectivity index (χ1) is 16.4. The van der Waals surface area contributed by atoms with Crippen LogP contribution in [0, 0.1) is 0 Å². The van der Waals surface area contributed by atoms with E-state index in [0.717, 1.165) is 11.3 Å². The molecule has 0 spiro atoms. The minimum absolute atomic E-state index is 0.0784. The molecule has 1 aliphatic heterocycles. The molecule has 0 unspecified atom stereocenters. The van der Waals surface area contributed by atoms with Gasteiger partial charge in [0.1, 0.15) is 16.5 Å². The first kappa shape index (κ1) is 23.1. The minimum atomic E-state index is -0.664. The summed E-state index contributed by atoms with van der Waals surface area (Å²) in [6.45, 7) is 2.06. The number of carbonyl (C=O) groups excluding carboxylic acids is 3. The molecule has 34 heavy (non-hydrogen) atoms. The van der Waals surface area contributed by atoms with E-state index in [2.05, 4.69) is 17.6 Å². The average Bonchev–Trinajstić information content (AvgIpc) is 3.07. The zero-order valence-corrected chi connectivity index (χ0v) is 19.3. The number of anilines is 3. The number of benzene rings is 3. The molecule has 0 radical (unpaired) electrons. The molecule has 3 aromatic rings. The summed E-state index contributed by atoms with van der Waals surface area (Å²) in [6, 6.07) is 20.8. The van der Waals surface area contributed by atoms with E-state index in [-0.39, 0.29) is 22.3 Å². The van der Waals surface area contributed by atoms with Crippen LogP contribution in [0.1, 0.15) is 22.8 Å². The highest BCUT2D eigenvalue weighted by Gasteiger charge is 2.40. The number of aryl methyl sites for hydroxylation is 1. The van der Waals surface area contributed by atoms with E-state index in [0.29, 0.717) is 22.7 Å². The van der Waals surface area contributed by atoms with Gasteiger partial charge in [0.2, 0.25) is 0 Å². The highest BCUT2D eigenvalue weighted by Crippen LogP contribution is 2.35. The van der Waals surface area contributed by atoms with Crippen LogP contribution in [0.15, 0.2) is 83.5 Å². The summed E-state index contributed by atoms with van der Waals surface area (Å²) < 4.78 is 5.27. The third-order valence-electron chi connectivity index (χ3n) is 5.37. The van der Waals surface area contributed by atoms with Crippen LogP contribution in [-0.4, -0.2) is 24.8 Å². The average molecular weight is 476 g/mol. The monoisotopic (exact) mass is 475 g/mol. The number of nitrogens with zero attached hydrogens (tertiary/aromatic N) is 1. The molecule has 4 rings (SSSR count). The molecule has 8 heteroatoms. The van der Waals surface area contributed by atoms with Crippen molar-refractivity contribution in [1.29, 1.82) is 0 Å². The van der Waals surface area contributed by atoms with Crippen molar-refractivity contribution in [2.45, 2.75) is 13.3 Å². The van der Waals surface area contributed by atoms with Crippen LogP contribution >= 0.6 is 11.6 Å². The number of imide groups is 1. The van der Waals surface area contributed by atoms with Crippen LogP contribution in [-0.2, 0) is 16.0 Å². The van der Waals surface area contributed by atoms with E-state index in [9.17, 15) is 14.4 Å². The molecular weight excluding hydrogens is 454 g/mol. The molecule has 3 aromatic carbocycles. The Bertz CT molecular complexity index is 1300. The van der Waals surface area contributed by atoms with Crippen molar-refractivity contribution in [3.05, 3.63) is 94.7 Å². The topological polar surface area (TPSA) is 87.7 Å². The lowest BCUT2D eigenvalue weighted by atomic mass is 10.1. The van der Waals surface area contributed by atoms with Gasteiger partial charge in [0.15, 0.2) is 0 Å². The standard InChI is InChI=1S/C26H22ClN3O4/c1-3-16-11-13-18(14-12-16)29-24(31)17-7-6-8-19(15-17)28-23-22(27)25(32)30(26(23)33)20-9-4-5-10-21(20)34-2/h4-15,28H,3H2,1-2H3,(H,29,31). The number of ether oxygens (including phenoxy) is 1. The number of carbonyl (C=O) groups is 3. The van der Waals surface area contributed by atoms with Gasteiger partial charge in [-0.05, 0) is 54.4 Å². The number of rotatable bonds is 7. The number of amides is 3. The van der Waals surface area contributed by atoms with Crippen molar-refractivity contribution in [3.63, 3.8) is 0 Å². The maximum absolute atomic E-state index is 13.1. The van der Waals surface area contributed by atoms with Gasteiger partial charge < -0.3 is 15.4 Å². The number of hydrogen-bond donors (Lipinski definition) is 2. The third kappa shape index (κ3) is 4.51. The van der Waals surface area contributed by atoms with Gasteiger partial charge in [-0.2, -0.15) is 0 Å². The lowest BCUT2D eigenvalue weighted by Crippen LogP contribution is -2.32. The lowest BCUT2D eigenvalue weighted by molar-refractivity contribution is -0.120. The molecule has 0 saturated carbocycles. The number of halogens is 1. The van der Waals surface area contributed by atoms with Crippen LogP contribution in [0.25, 0.3) is 0 Å². The first-order valence-electron chi connectivity index (χ1n) is 10.6. The Labute approximate surface area is 202 Å². The molecule has 7 nitrogen and oxygen atoms in total. The van der Waals surface area contributed by atoms with Gasteiger partial charge in [-0.25, -0.2) is 4.90 Å². The summed E-state index contributed by atoms with van der Waals surface area (Å²) >= 11 is 6.23. The number of hydrogen-bond acceptors (Lipinski definition) is 5. The van der Waals surface area contributed by atoms with E-state index in [4.69, 9.17) is 16.3 Å². The lowest BCUT2D eigenvalue weighted by Gasteiger charge is -2.18. The Kier molecular flexibility index (Phi) is 6.65.